The summed E-state index contributed by atoms with van der Waals surface area (Å²) in [5.74, 6) is 3.22. The Bertz CT molecular complexity index is 742. The minimum atomic E-state index is -0.101. The second kappa shape index (κ2) is 8.04. The van der Waals surface area contributed by atoms with E-state index in [1.807, 2.05) is 4.90 Å². The van der Waals surface area contributed by atoms with Crippen LogP contribution in [0.3, 0.4) is 0 Å². The molecule has 8 nitrogen and oxygen atoms in total. The quantitative estimate of drug-likeness (QED) is 0.769. The van der Waals surface area contributed by atoms with Gasteiger partial charge in [0.1, 0.15) is 0 Å². The lowest BCUT2D eigenvalue weighted by atomic mass is 9.53. The van der Waals surface area contributed by atoms with E-state index in [0.717, 1.165) is 50.1 Å². The first-order chi connectivity index (χ1) is 14.6. The summed E-state index contributed by atoms with van der Waals surface area (Å²) in [6, 6.07) is 1.70. The molecular weight excluding hydrogens is 380 g/mol. The van der Waals surface area contributed by atoms with Crippen LogP contribution in [0.25, 0.3) is 0 Å². The summed E-state index contributed by atoms with van der Waals surface area (Å²) in [5, 5.41) is 6.24. The van der Waals surface area contributed by atoms with Crippen LogP contribution in [0.5, 0.6) is 0 Å². The molecular formula is C22H32N6O2. The topological polar surface area (TPSA) is 90.5 Å². The van der Waals surface area contributed by atoms with Gasteiger partial charge in [-0.1, -0.05) is 0 Å². The molecule has 4 saturated carbocycles. The van der Waals surface area contributed by atoms with E-state index in [9.17, 15) is 9.59 Å². The zero-order valence-corrected chi connectivity index (χ0v) is 17.6. The van der Waals surface area contributed by atoms with Crippen LogP contribution in [0.4, 0.5) is 10.7 Å². The molecule has 1 saturated heterocycles. The highest BCUT2D eigenvalue weighted by atomic mass is 16.2. The molecule has 1 aliphatic heterocycles. The highest BCUT2D eigenvalue weighted by Gasteiger charge is 2.51. The van der Waals surface area contributed by atoms with Gasteiger partial charge in [-0.05, 0) is 62.3 Å². The Morgan fingerprint density at radius 2 is 1.57 bits per heavy atom. The monoisotopic (exact) mass is 412 g/mol. The van der Waals surface area contributed by atoms with Crippen LogP contribution >= 0.6 is 0 Å². The van der Waals surface area contributed by atoms with Gasteiger partial charge in [-0.15, -0.1) is 0 Å². The summed E-state index contributed by atoms with van der Waals surface area (Å²) >= 11 is 0. The number of rotatable bonds is 5. The van der Waals surface area contributed by atoms with Crippen molar-refractivity contribution in [2.75, 3.05) is 37.6 Å². The number of anilines is 1. The van der Waals surface area contributed by atoms with Gasteiger partial charge in [0, 0.05) is 57.1 Å². The predicted molar refractivity (Wildman–Crippen MR) is 113 cm³/mol. The van der Waals surface area contributed by atoms with Gasteiger partial charge in [-0.25, -0.2) is 14.8 Å². The number of amides is 3. The van der Waals surface area contributed by atoms with Gasteiger partial charge in [0.15, 0.2) is 0 Å². The van der Waals surface area contributed by atoms with Gasteiger partial charge in [0.25, 0.3) is 0 Å². The summed E-state index contributed by atoms with van der Waals surface area (Å²) < 4.78 is 0. The van der Waals surface area contributed by atoms with Gasteiger partial charge in [-0.2, -0.15) is 0 Å². The summed E-state index contributed by atoms with van der Waals surface area (Å²) in [5.41, 5.74) is 0.0126. The van der Waals surface area contributed by atoms with E-state index in [0.29, 0.717) is 32.0 Å². The summed E-state index contributed by atoms with van der Waals surface area (Å²) in [6.45, 7) is 3.18. The normalized spacial score (nSPS) is 32.2. The lowest BCUT2D eigenvalue weighted by Gasteiger charge is -2.56. The molecule has 2 heterocycles. The fraction of sp³-hybridized carbons (Fsp3) is 0.727. The molecule has 0 radical (unpaired) electrons. The van der Waals surface area contributed by atoms with Crippen LogP contribution < -0.4 is 15.5 Å². The average Bonchev–Trinajstić information content (AvgIpc) is 2.73. The Labute approximate surface area is 177 Å². The zero-order chi connectivity index (χ0) is 20.6. The summed E-state index contributed by atoms with van der Waals surface area (Å²) in [6.07, 6.45) is 11.3. The first-order valence-electron chi connectivity index (χ1n) is 11.4. The maximum atomic E-state index is 12.5. The first kappa shape index (κ1) is 19.6. The van der Waals surface area contributed by atoms with Crippen LogP contribution in [-0.2, 0) is 4.79 Å². The van der Waals surface area contributed by atoms with E-state index in [1.165, 1.54) is 19.3 Å². The summed E-state index contributed by atoms with van der Waals surface area (Å²) in [4.78, 5) is 37.6. The van der Waals surface area contributed by atoms with Crippen LogP contribution in [-0.4, -0.2) is 65.1 Å². The van der Waals surface area contributed by atoms with Crippen molar-refractivity contribution in [1.82, 2.24) is 25.5 Å². The third-order valence-electron chi connectivity index (χ3n) is 7.51. The van der Waals surface area contributed by atoms with Gasteiger partial charge in [-0.3, -0.25) is 4.79 Å². The fourth-order valence-electron chi connectivity index (χ4n) is 6.60. The van der Waals surface area contributed by atoms with Crippen LogP contribution in [0.1, 0.15) is 44.9 Å². The molecule has 1 aromatic heterocycles. The van der Waals surface area contributed by atoms with Gasteiger partial charge in [0.2, 0.25) is 11.9 Å². The Balaban J connectivity index is 1.04. The number of carbonyl (C=O) groups is 2. The molecule has 30 heavy (non-hydrogen) atoms. The molecule has 0 atom stereocenters. The smallest absolute Gasteiger partial charge is 0.315 e. The Kier molecular flexibility index (Phi) is 5.25. The maximum absolute atomic E-state index is 12.5. The van der Waals surface area contributed by atoms with E-state index in [1.54, 1.807) is 18.5 Å². The van der Waals surface area contributed by atoms with Crippen molar-refractivity contribution < 1.29 is 9.59 Å². The third-order valence-corrected chi connectivity index (χ3v) is 7.51. The standard InChI is InChI=1S/C22H32N6O2/c29-19(27-6-8-28(9-7-27)20-23-3-1-4-24-20)2-5-25-21(30)26-22-13-16-10-17(14-22)12-18(11-16)15-22/h1,3-4,16-18H,2,5-15H2,(H2,25,26,30). The molecule has 5 fully saturated rings. The minimum Gasteiger partial charge on any atom is -0.339 e. The molecule has 1 aromatic rings. The van der Waals surface area contributed by atoms with Crippen molar-refractivity contribution in [1.29, 1.82) is 0 Å². The molecule has 0 unspecified atom stereocenters. The number of carbonyl (C=O) groups excluding carboxylic acids is 2. The molecule has 3 amide bonds. The number of piperazine rings is 1. The lowest BCUT2D eigenvalue weighted by Crippen LogP contribution is -2.61. The van der Waals surface area contributed by atoms with E-state index < -0.39 is 0 Å². The van der Waals surface area contributed by atoms with Crippen molar-refractivity contribution in [3.8, 4) is 0 Å². The fourth-order valence-corrected chi connectivity index (χ4v) is 6.60. The molecule has 4 bridgehead atoms. The number of hydrogen-bond donors (Lipinski definition) is 2. The Morgan fingerprint density at radius 1 is 0.967 bits per heavy atom. The lowest BCUT2D eigenvalue weighted by molar-refractivity contribution is -0.131. The molecule has 6 rings (SSSR count). The Hall–Kier alpha value is -2.38. The highest BCUT2D eigenvalue weighted by molar-refractivity contribution is 5.79. The van der Waals surface area contributed by atoms with Crippen molar-refractivity contribution in [3.63, 3.8) is 0 Å². The third kappa shape index (κ3) is 4.09. The second-order valence-electron chi connectivity index (χ2n) is 9.75. The van der Waals surface area contributed by atoms with Gasteiger partial charge >= 0.3 is 6.03 Å². The average molecular weight is 413 g/mol. The largest absolute Gasteiger partial charge is 0.339 e. The SMILES string of the molecule is O=C(NCCC(=O)N1CCN(c2ncccn2)CC1)NC12CC3CC(CC(C3)C1)C2. The molecule has 2 N–H and O–H groups in total. The molecule has 5 aliphatic rings. The van der Waals surface area contributed by atoms with Crippen LogP contribution in [0.15, 0.2) is 18.5 Å². The van der Waals surface area contributed by atoms with Gasteiger partial charge in [0.05, 0.1) is 0 Å². The highest BCUT2D eigenvalue weighted by Crippen LogP contribution is 2.55. The van der Waals surface area contributed by atoms with Crippen molar-refractivity contribution >= 4 is 17.9 Å². The summed E-state index contributed by atoms with van der Waals surface area (Å²) in [7, 11) is 0. The first-order valence-corrected chi connectivity index (χ1v) is 11.4. The number of nitrogens with one attached hydrogen (secondary N) is 2. The van der Waals surface area contributed by atoms with Crippen LogP contribution in [0, 0.1) is 17.8 Å². The molecule has 162 valence electrons. The molecule has 8 heteroatoms. The maximum Gasteiger partial charge on any atom is 0.315 e. The predicted octanol–water partition coefficient (Wildman–Crippen LogP) is 1.78. The van der Waals surface area contributed by atoms with Gasteiger partial charge < -0.3 is 20.4 Å². The number of nitrogens with zero attached hydrogens (tertiary/aromatic N) is 4. The van der Waals surface area contributed by atoms with Crippen LogP contribution in [0.2, 0.25) is 0 Å². The molecule has 0 spiro atoms. The second-order valence-corrected chi connectivity index (χ2v) is 9.75. The number of urea groups is 1. The van der Waals surface area contributed by atoms with E-state index in [4.69, 9.17) is 0 Å². The van der Waals surface area contributed by atoms with E-state index >= 15 is 0 Å². The Morgan fingerprint density at radius 3 is 2.17 bits per heavy atom. The zero-order valence-electron chi connectivity index (χ0n) is 17.6. The minimum absolute atomic E-state index is 0.0126. The molecule has 4 aliphatic carbocycles. The molecule has 0 aromatic carbocycles. The van der Waals surface area contributed by atoms with E-state index in [2.05, 4.69) is 25.5 Å². The van der Waals surface area contributed by atoms with Crippen molar-refractivity contribution in [2.45, 2.75) is 50.5 Å². The number of hydrogen-bond acceptors (Lipinski definition) is 5. The number of aromatic nitrogens is 2. The van der Waals surface area contributed by atoms with E-state index in [-0.39, 0.29) is 17.5 Å². The van der Waals surface area contributed by atoms with Crippen molar-refractivity contribution in [2.24, 2.45) is 17.8 Å². The van der Waals surface area contributed by atoms with Crippen molar-refractivity contribution in [3.05, 3.63) is 18.5 Å².